The van der Waals surface area contributed by atoms with E-state index in [1.807, 2.05) is 37.1 Å². The molecule has 22 heavy (non-hydrogen) atoms. The van der Waals surface area contributed by atoms with E-state index >= 15 is 0 Å². The first kappa shape index (κ1) is 15.6. The van der Waals surface area contributed by atoms with Crippen LogP contribution in [0.2, 0.25) is 0 Å². The molecular weight excluding hydrogens is 300 g/mol. The second kappa shape index (κ2) is 6.89. The Morgan fingerprint density at radius 1 is 1.45 bits per heavy atom. The second-order valence-electron chi connectivity index (χ2n) is 5.58. The van der Waals surface area contributed by atoms with Gasteiger partial charge >= 0.3 is 5.97 Å². The quantitative estimate of drug-likeness (QED) is 0.659. The molecule has 2 aliphatic rings. The van der Waals surface area contributed by atoms with Crippen molar-refractivity contribution in [2.24, 2.45) is 0 Å². The summed E-state index contributed by atoms with van der Waals surface area (Å²) in [7, 11) is 0. The fourth-order valence-corrected chi connectivity index (χ4v) is 4.50. The average molecular weight is 322 g/mol. The van der Waals surface area contributed by atoms with Gasteiger partial charge in [-0.3, -0.25) is 0 Å². The zero-order chi connectivity index (χ0) is 15.4. The lowest BCUT2D eigenvalue weighted by Crippen LogP contribution is -2.41. The molecule has 3 rings (SSSR count). The molecule has 1 aromatic rings. The smallest absolute Gasteiger partial charge is 0.332 e. The predicted octanol–water partition coefficient (Wildman–Crippen LogP) is 1.84. The molecule has 0 unspecified atom stereocenters. The fourth-order valence-electron chi connectivity index (χ4n) is 3.00. The van der Waals surface area contributed by atoms with Crippen LogP contribution in [-0.4, -0.2) is 49.7 Å². The van der Waals surface area contributed by atoms with Gasteiger partial charge in [-0.15, -0.1) is 0 Å². The Kier molecular flexibility index (Phi) is 4.90. The minimum atomic E-state index is -0.285. The van der Waals surface area contributed by atoms with Crippen molar-refractivity contribution in [2.75, 3.05) is 37.2 Å². The van der Waals surface area contributed by atoms with Gasteiger partial charge in [0.15, 0.2) is 0 Å². The number of carbonyl (C=O) groups is 1. The molecule has 2 heterocycles. The lowest BCUT2D eigenvalue weighted by atomic mass is 10.0. The van der Waals surface area contributed by atoms with E-state index in [0.29, 0.717) is 6.61 Å². The van der Waals surface area contributed by atoms with Crippen LogP contribution in [0.1, 0.15) is 13.3 Å². The van der Waals surface area contributed by atoms with Crippen molar-refractivity contribution >= 4 is 23.6 Å². The first-order valence-electron chi connectivity index (χ1n) is 7.73. The molecule has 0 radical (unpaired) electrons. The molecule has 0 amide bonds. The summed E-state index contributed by atoms with van der Waals surface area (Å²) in [5, 5.41) is 3.43. The van der Waals surface area contributed by atoms with Crippen molar-refractivity contribution in [3.63, 3.8) is 0 Å². The second-order valence-corrected chi connectivity index (χ2v) is 7.02. The highest BCUT2D eigenvalue weighted by Crippen LogP contribution is 2.46. The monoisotopic (exact) mass is 322 g/mol. The largest absolute Gasteiger partial charge is 0.464 e. The van der Waals surface area contributed by atoms with Crippen LogP contribution in [-0.2, 0) is 14.3 Å². The number of para-hydroxylation sites is 1. The van der Waals surface area contributed by atoms with Crippen LogP contribution in [0.3, 0.4) is 0 Å². The molecular formula is C16H22N2O3S. The van der Waals surface area contributed by atoms with Crippen molar-refractivity contribution in [2.45, 2.75) is 24.2 Å². The van der Waals surface area contributed by atoms with Crippen LogP contribution in [0.5, 0.6) is 0 Å². The maximum Gasteiger partial charge on any atom is 0.332 e. The summed E-state index contributed by atoms with van der Waals surface area (Å²) in [4.78, 5) is 11.6. The number of carbonyl (C=O) groups excluding carboxylic acids is 1. The topological polar surface area (TPSA) is 50.8 Å². The molecule has 0 aliphatic carbocycles. The molecule has 6 heteroatoms. The van der Waals surface area contributed by atoms with E-state index < -0.39 is 0 Å². The van der Waals surface area contributed by atoms with Crippen molar-refractivity contribution < 1.29 is 14.3 Å². The Labute approximate surface area is 135 Å². The van der Waals surface area contributed by atoms with E-state index in [0.717, 1.165) is 26.1 Å². The molecule has 120 valence electrons. The zero-order valence-electron chi connectivity index (χ0n) is 12.8. The number of hydrogen-bond acceptors (Lipinski definition) is 6. The van der Waals surface area contributed by atoms with E-state index in [9.17, 15) is 4.79 Å². The minimum absolute atomic E-state index is 0.0162. The summed E-state index contributed by atoms with van der Waals surface area (Å²) in [6, 6.07) is 10.3. The van der Waals surface area contributed by atoms with Crippen LogP contribution in [0.4, 0.5) is 5.69 Å². The summed E-state index contributed by atoms with van der Waals surface area (Å²) < 4.78 is 13.2. The molecule has 2 fully saturated rings. The maximum absolute atomic E-state index is 11.6. The first-order chi connectivity index (χ1) is 10.7. The first-order valence-corrected chi connectivity index (χ1v) is 8.50. The van der Waals surface area contributed by atoms with Gasteiger partial charge in [-0.1, -0.05) is 18.2 Å². The molecule has 2 atom stereocenters. The number of nitrogens with one attached hydrogen (secondary N) is 1. The van der Waals surface area contributed by atoms with Crippen molar-refractivity contribution in [1.82, 2.24) is 5.32 Å². The molecule has 2 aliphatic heterocycles. The lowest BCUT2D eigenvalue weighted by molar-refractivity contribution is -0.150. The van der Waals surface area contributed by atoms with Gasteiger partial charge in [-0.2, -0.15) is 0 Å². The van der Waals surface area contributed by atoms with Gasteiger partial charge in [-0.05, 0) is 44.0 Å². The van der Waals surface area contributed by atoms with Gasteiger partial charge in [0.25, 0.3) is 0 Å². The molecule has 0 bridgehead atoms. The highest BCUT2D eigenvalue weighted by molar-refractivity contribution is 8.02. The van der Waals surface area contributed by atoms with E-state index in [-0.39, 0.29) is 23.4 Å². The van der Waals surface area contributed by atoms with Crippen LogP contribution >= 0.6 is 11.9 Å². The molecule has 2 saturated heterocycles. The van der Waals surface area contributed by atoms with Gasteiger partial charge in [0.1, 0.15) is 6.61 Å². The van der Waals surface area contributed by atoms with E-state index in [4.69, 9.17) is 9.47 Å². The summed E-state index contributed by atoms with van der Waals surface area (Å²) >= 11 is 1.84. The number of benzene rings is 1. The predicted molar refractivity (Wildman–Crippen MR) is 88.0 cm³/mol. The van der Waals surface area contributed by atoms with Crippen LogP contribution < -0.4 is 9.62 Å². The summed E-state index contributed by atoms with van der Waals surface area (Å²) in [6.07, 6.45) is 1.08. The number of rotatable bonds is 5. The van der Waals surface area contributed by atoms with Crippen molar-refractivity contribution in [3.8, 4) is 0 Å². The highest BCUT2D eigenvalue weighted by Gasteiger charge is 2.50. The normalized spacial score (nSPS) is 27.5. The Balaban J connectivity index is 1.69. The van der Waals surface area contributed by atoms with E-state index in [2.05, 4.69) is 21.8 Å². The Bertz CT molecular complexity index is 505. The van der Waals surface area contributed by atoms with Crippen LogP contribution in [0.25, 0.3) is 0 Å². The van der Waals surface area contributed by atoms with Gasteiger partial charge in [0.2, 0.25) is 0 Å². The minimum Gasteiger partial charge on any atom is -0.464 e. The average Bonchev–Trinajstić information content (AvgIpc) is 3.15. The molecule has 0 saturated carbocycles. The Morgan fingerprint density at radius 3 is 2.95 bits per heavy atom. The third-order valence-corrected chi connectivity index (χ3v) is 5.67. The molecule has 1 spiro atoms. The van der Waals surface area contributed by atoms with Crippen LogP contribution in [0.15, 0.2) is 30.3 Å². The third kappa shape index (κ3) is 3.24. The number of hydrogen-bond donors (Lipinski definition) is 1. The van der Waals surface area contributed by atoms with E-state index in [1.54, 1.807) is 0 Å². The number of anilines is 1. The Morgan fingerprint density at radius 2 is 2.27 bits per heavy atom. The highest BCUT2D eigenvalue weighted by atomic mass is 32.2. The zero-order valence-corrected chi connectivity index (χ0v) is 13.6. The number of esters is 1. The van der Waals surface area contributed by atoms with Crippen LogP contribution in [0, 0.1) is 0 Å². The number of nitrogens with zero attached hydrogens (tertiary/aromatic N) is 1. The molecule has 5 nitrogen and oxygen atoms in total. The summed E-state index contributed by atoms with van der Waals surface area (Å²) in [5.74, 6) is -0.285. The fraction of sp³-hybridized carbons (Fsp3) is 0.562. The van der Waals surface area contributed by atoms with Crippen molar-refractivity contribution in [1.29, 1.82) is 0 Å². The van der Waals surface area contributed by atoms with Gasteiger partial charge < -0.3 is 19.1 Å². The third-order valence-electron chi connectivity index (χ3n) is 4.11. The molecule has 1 aromatic carbocycles. The maximum atomic E-state index is 11.6. The van der Waals surface area contributed by atoms with Gasteiger partial charge in [0, 0.05) is 12.2 Å². The molecule has 0 aromatic heterocycles. The standard InChI is InChI=1S/C16H22N2O3S/c1-2-20-15(19)11-21-14-10-18(13-6-4-3-5-7-13)22-16(14)8-9-17-12-16/h3-7,14,17H,2,8-12H2,1H3/t14-,16+/m0/s1. The molecule has 1 N–H and O–H groups in total. The lowest BCUT2D eigenvalue weighted by Gasteiger charge is -2.27. The summed E-state index contributed by atoms with van der Waals surface area (Å²) in [5.41, 5.74) is 1.18. The number of ether oxygens (including phenoxy) is 2. The Hall–Kier alpha value is -1.24. The summed E-state index contributed by atoms with van der Waals surface area (Å²) in [6.45, 7) is 4.93. The van der Waals surface area contributed by atoms with Gasteiger partial charge in [-0.25, -0.2) is 4.79 Å². The SMILES string of the molecule is CCOC(=O)CO[C@H]1CN(c2ccccc2)S[C@@]12CCNC2. The van der Waals surface area contributed by atoms with E-state index in [1.165, 1.54) is 5.69 Å². The van der Waals surface area contributed by atoms with Gasteiger partial charge in [0.05, 0.1) is 24.0 Å². The van der Waals surface area contributed by atoms with Crippen molar-refractivity contribution in [3.05, 3.63) is 30.3 Å².